The summed E-state index contributed by atoms with van der Waals surface area (Å²) < 4.78 is 18.2. The summed E-state index contributed by atoms with van der Waals surface area (Å²) in [6.45, 7) is 0.164. The van der Waals surface area contributed by atoms with Gasteiger partial charge in [-0.3, -0.25) is 0 Å². The van der Waals surface area contributed by atoms with Crippen LogP contribution in [-0.4, -0.2) is 34.1 Å². The smallest absolute Gasteiger partial charge is 0.407 e. The number of hydrogen-bond acceptors (Lipinski definition) is 5. The second kappa shape index (κ2) is 9.00. The number of rotatable bonds is 7. The topological polar surface area (TPSA) is 99.0 Å². The van der Waals surface area contributed by atoms with Gasteiger partial charge in [-0.1, -0.05) is 30.3 Å². The zero-order valence-corrected chi connectivity index (χ0v) is 13.4. The van der Waals surface area contributed by atoms with Crippen LogP contribution in [0.15, 0.2) is 48.5 Å². The van der Waals surface area contributed by atoms with E-state index in [1.54, 1.807) is 0 Å². The maximum atomic E-state index is 13.2. The molecule has 4 N–H and O–H groups in total. The first-order valence-corrected chi connectivity index (χ1v) is 7.76. The van der Waals surface area contributed by atoms with E-state index in [9.17, 15) is 24.5 Å². The van der Waals surface area contributed by atoms with E-state index in [1.165, 1.54) is 0 Å². The molecule has 0 heterocycles. The number of nitrogens with one attached hydrogen (secondary N) is 1. The summed E-state index contributed by atoms with van der Waals surface area (Å²) in [4.78, 5) is 11.6. The van der Waals surface area contributed by atoms with Gasteiger partial charge in [0.25, 0.3) is 0 Å². The molecule has 0 fully saturated rings. The Bertz CT molecular complexity index is 695. The zero-order chi connectivity index (χ0) is 18.2. The third-order valence-corrected chi connectivity index (χ3v) is 3.59. The Morgan fingerprint density at radius 2 is 1.88 bits per heavy atom. The largest absolute Gasteiger partial charge is 0.508 e. The first-order valence-electron chi connectivity index (χ1n) is 7.76. The van der Waals surface area contributed by atoms with Gasteiger partial charge < -0.3 is 25.4 Å². The first-order chi connectivity index (χ1) is 12.0. The highest BCUT2D eigenvalue weighted by atomic mass is 19.1. The molecule has 0 aliphatic rings. The number of phenolic OH excluding ortho intramolecular Hbond substituents is 1. The predicted molar refractivity (Wildman–Crippen MR) is 88.3 cm³/mol. The Hall–Kier alpha value is -2.64. The average Bonchev–Trinajstić information content (AvgIpc) is 2.62. The summed E-state index contributed by atoms with van der Waals surface area (Å²) in [5.41, 5.74) is 0.730. The number of benzene rings is 2. The number of amides is 1. The van der Waals surface area contributed by atoms with Crippen LogP contribution < -0.4 is 5.32 Å². The average molecular weight is 349 g/mol. The highest BCUT2D eigenvalue weighted by molar-refractivity contribution is 5.67. The maximum Gasteiger partial charge on any atom is 0.407 e. The molecule has 0 bridgehead atoms. The Morgan fingerprint density at radius 1 is 1.16 bits per heavy atom. The van der Waals surface area contributed by atoms with Gasteiger partial charge >= 0.3 is 6.09 Å². The number of alkyl carbamates (subject to hydrolysis) is 1. The fraction of sp³-hybridized carbons (Fsp3) is 0.278. The third-order valence-electron chi connectivity index (χ3n) is 3.59. The van der Waals surface area contributed by atoms with Gasteiger partial charge in [-0.15, -0.1) is 0 Å². The van der Waals surface area contributed by atoms with Crippen LogP contribution in [0.2, 0.25) is 0 Å². The maximum absolute atomic E-state index is 13.2. The molecule has 0 aliphatic heterocycles. The molecule has 0 spiro atoms. The molecule has 0 radical (unpaired) electrons. The number of aromatic hydroxyl groups is 1. The number of aliphatic hydroxyl groups is 2. The number of halogens is 1. The highest BCUT2D eigenvalue weighted by Crippen LogP contribution is 2.28. The highest BCUT2D eigenvalue weighted by Gasteiger charge is 2.22. The molecule has 25 heavy (non-hydrogen) atoms. The minimum Gasteiger partial charge on any atom is -0.508 e. The standard InChI is InChI=1S/C18H20FNO5/c19-13-6-7-15(21)14(10-13)17(23)16(22)8-9-20-18(24)25-11-12-4-2-1-3-5-12/h1-7,10,16-17,21-23H,8-9,11H2,(H,20,24). The molecule has 6 nitrogen and oxygen atoms in total. The molecule has 0 aliphatic carbocycles. The molecule has 2 aromatic rings. The molecule has 2 rings (SSSR count). The minimum atomic E-state index is -1.47. The van der Waals surface area contributed by atoms with Crippen LogP contribution in [0.4, 0.5) is 9.18 Å². The van der Waals surface area contributed by atoms with Gasteiger partial charge in [-0.25, -0.2) is 9.18 Å². The van der Waals surface area contributed by atoms with Crippen molar-refractivity contribution in [2.45, 2.75) is 25.2 Å². The van der Waals surface area contributed by atoms with Crippen LogP contribution in [0.1, 0.15) is 23.7 Å². The van der Waals surface area contributed by atoms with E-state index in [2.05, 4.69) is 5.32 Å². The van der Waals surface area contributed by atoms with Gasteiger partial charge in [0.1, 0.15) is 24.3 Å². The molecule has 2 aromatic carbocycles. The quantitative estimate of drug-likeness (QED) is 0.614. The van der Waals surface area contributed by atoms with Gasteiger partial charge in [-0.05, 0) is 30.2 Å². The fourth-order valence-electron chi connectivity index (χ4n) is 2.22. The van der Waals surface area contributed by atoms with Crippen LogP contribution in [0.3, 0.4) is 0 Å². The van der Waals surface area contributed by atoms with E-state index in [0.717, 1.165) is 23.8 Å². The Labute approximate surface area is 144 Å². The van der Waals surface area contributed by atoms with Gasteiger partial charge in [0.2, 0.25) is 0 Å². The number of aliphatic hydroxyl groups excluding tert-OH is 2. The van der Waals surface area contributed by atoms with Crippen LogP contribution >= 0.6 is 0 Å². The van der Waals surface area contributed by atoms with Crippen LogP contribution in [0.25, 0.3) is 0 Å². The zero-order valence-electron chi connectivity index (χ0n) is 13.4. The van der Waals surface area contributed by atoms with Crippen molar-refractivity contribution in [1.29, 1.82) is 0 Å². The second-order valence-corrected chi connectivity index (χ2v) is 5.49. The monoisotopic (exact) mass is 349 g/mol. The van der Waals surface area contributed by atoms with Crippen LogP contribution in [-0.2, 0) is 11.3 Å². The minimum absolute atomic E-state index is 0.00242. The van der Waals surface area contributed by atoms with Gasteiger partial charge in [0, 0.05) is 12.1 Å². The molecule has 2 atom stereocenters. The SMILES string of the molecule is O=C(NCCC(O)C(O)c1cc(F)ccc1O)OCc1ccccc1. The molecule has 1 amide bonds. The Morgan fingerprint density at radius 3 is 2.60 bits per heavy atom. The van der Waals surface area contributed by atoms with Crippen LogP contribution in [0.5, 0.6) is 5.75 Å². The van der Waals surface area contributed by atoms with Gasteiger partial charge in [0.15, 0.2) is 0 Å². The third kappa shape index (κ3) is 5.74. The van der Waals surface area contributed by atoms with Crippen molar-refractivity contribution in [2.75, 3.05) is 6.54 Å². The molecule has 0 aromatic heterocycles. The van der Waals surface area contributed by atoms with Crippen molar-refractivity contribution in [3.63, 3.8) is 0 Å². The van der Waals surface area contributed by atoms with E-state index in [0.29, 0.717) is 0 Å². The molecular formula is C18H20FNO5. The van der Waals surface area contributed by atoms with E-state index in [-0.39, 0.29) is 30.9 Å². The fourth-order valence-corrected chi connectivity index (χ4v) is 2.22. The lowest BCUT2D eigenvalue weighted by Gasteiger charge is -2.19. The molecule has 2 unspecified atom stereocenters. The van der Waals surface area contributed by atoms with E-state index in [1.807, 2.05) is 30.3 Å². The summed E-state index contributed by atoms with van der Waals surface area (Å²) in [5.74, 6) is -0.954. The van der Waals surface area contributed by atoms with Crippen LogP contribution in [0, 0.1) is 5.82 Å². The molecular weight excluding hydrogens is 329 g/mol. The van der Waals surface area contributed by atoms with Crippen molar-refractivity contribution in [3.05, 3.63) is 65.5 Å². The van der Waals surface area contributed by atoms with E-state index < -0.39 is 24.1 Å². The van der Waals surface area contributed by atoms with Crippen molar-refractivity contribution >= 4 is 6.09 Å². The molecule has 7 heteroatoms. The summed E-state index contributed by atoms with van der Waals surface area (Å²) >= 11 is 0. The molecule has 0 saturated carbocycles. The van der Waals surface area contributed by atoms with E-state index in [4.69, 9.17) is 4.74 Å². The van der Waals surface area contributed by atoms with Crippen molar-refractivity contribution < 1.29 is 29.2 Å². The lowest BCUT2D eigenvalue weighted by Crippen LogP contribution is -2.29. The number of carbonyl (C=O) groups is 1. The van der Waals surface area contributed by atoms with Crippen molar-refractivity contribution in [1.82, 2.24) is 5.32 Å². The lowest BCUT2D eigenvalue weighted by atomic mass is 10.0. The first kappa shape index (κ1) is 18.7. The summed E-state index contributed by atoms with van der Waals surface area (Å²) in [6.07, 6.45) is -3.42. The number of hydrogen-bond donors (Lipinski definition) is 4. The lowest BCUT2D eigenvalue weighted by molar-refractivity contribution is 0.0122. The Balaban J connectivity index is 1.75. The van der Waals surface area contributed by atoms with E-state index >= 15 is 0 Å². The van der Waals surface area contributed by atoms with Crippen molar-refractivity contribution in [3.8, 4) is 5.75 Å². The second-order valence-electron chi connectivity index (χ2n) is 5.49. The molecule has 0 saturated heterocycles. The van der Waals surface area contributed by atoms with Gasteiger partial charge in [0.05, 0.1) is 6.10 Å². The number of phenols is 1. The Kier molecular flexibility index (Phi) is 6.73. The van der Waals surface area contributed by atoms with Crippen molar-refractivity contribution in [2.24, 2.45) is 0 Å². The predicted octanol–water partition coefficient (Wildman–Crippen LogP) is 2.24. The van der Waals surface area contributed by atoms with Gasteiger partial charge in [-0.2, -0.15) is 0 Å². The normalized spacial score (nSPS) is 13.1. The summed E-state index contributed by atoms with van der Waals surface area (Å²) in [7, 11) is 0. The summed E-state index contributed by atoms with van der Waals surface area (Å²) in [5, 5.41) is 32.0. The summed E-state index contributed by atoms with van der Waals surface area (Å²) in [6, 6.07) is 12.2. The number of carbonyl (C=O) groups excluding carboxylic acids is 1. The number of ether oxygens (including phenoxy) is 1. The molecule has 134 valence electrons.